The zero-order valence-electron chi connectivity index (χ0n) is 16.3. The van der Waals surface area contributed by atoms with Gasteiger partial charge in [-0.05, 0) is 43.1 Å². The lowest BCUT2D eigenvalue weighted by molar-refractivity contribution is 0.0953. The number of carbonyl (C=O) groups excluding carboxylic acids is 1. The molecule has 0 unspecified atom stereocenters. The lowest BCUT2D eigenvalue weighted by Crippen LogP contribution is -2.26. The van der Waals surface area contributed by atoms with Crippen molar-refractivity contribution in [1.82, 2.24) is 10.2 Å². The molecule has 0 atom stereocenters. The average Bonchev–Trinajstić information content (AvgIpc) is 2.53. The number of rotatable bonds is 10. The molecule has 4 nitrogen and oxygen atoms in total. The molecule has 0 radical (unpaired) electrons. The van der Waals surface area contributed by atoms with Gasteiger partial charge in [-0.2, -0.15) is 0 Å². The van der Waals surface area contributed by atoms with E-state index >= 15 is 0 Å². The Bertz CT molecular complexity index is 561. The van der Waals surface area contributed by atoms with Crippen molar-refractivity contribution >= 4 is 27.5 Å². The summed E-state index contributed by atoms with van der Waals surface area (Å²) < 4.78 is 0. The van der Waals surface area contributed by atoms with Gasteiger partial charge in [-0.25, -0.2) is 0 Å². The van der Waals surface area contributed by atoms with Crippen molar-refractivity contribution in [1.29, 1.82) is 0 Å². The number of benzene rings is 1. The molecule has 0 aliphatic rings. The van der Waals surface area contributed by atoms with Crippen molar-refractivity contribution in [3.05, 3.63) is 28.8 Å². The van der Waals surface area contributed by atoms with E-state index in [1.807, 2.05) is 36.8 Å². The molecule has 0 heterocycles. The van der Waals surface area contributed by atoms with Crippen LogP contribution in [-0.2, 0) is 0 Å². The minimum Gasteiger partial charge on any atom is -0.507 e. The molecule has 0 saturated heterocycles. The number of aromatic hydroxyl groups is 1. The fourth-order valence-electron chi connectivity index (χ4n) is 2.27. The number of nitrogens with zero attached hydrogens (tertiary/aromatic N) is 1. The van der Waals surface area contributed by atoms with Gasteiger partial charge in [-0.15, -0.1) is 0 Å². The lowest BCUT2D eigenvalue weighted by atomic mass is 9.91. The summed E-state index contributed by atoms with van der Waals surface area (Å²) in [4.78, 5) is 14.7. The third kappa shape index (κ3) is 7.50. The van der Waals surface area contributed by atoms with Crippen LogP contribution in [0, 0.1) is 0 Å². The molecule has 6 heteroatoms. The van der Waals surface area contributed by atoms with Gasteiger partial charge in [0.1, 0.15) is 5.75 Å². The van der Waals surface area contributed by atoms with Crippen LogP contribution in [0.3, 0.4) is 0 Å². The molecule has 0 spiro atoms. The molecule has 1 rings (SSSR count). The summed E-state index contributed by atoms with van der Waals surface area (Å²) in [5, 5.41) is 13.4. The molecular formula is C19H32N2O2S2. The Labute approximate surface area is 160 Å². The number of phenolic OH excluding ortho intramolecular Hbond substituents is 1. The van der Waals surface area contributed by atoms with E-state index in [9.17, 15) is 9.90 Å². The predicted octanol–water partition coefficient (Wildman–Crippen LogP) is 4.31. The normalized spacial score (nSPS) is 11.6. The molecule has 0 aliphatic heterocycles. The Balaban J connectivity index is 2.62. The van der Waals surface area contributed by atoms with Crippen LogP contribution in [0.1, 0.15) is 61.0 Å². The highest BCUT2D eigenvalue weighted by Crippen LogP contribution is 2.33. The van der Waals surface area contributed by atoms with E-state index in [0.29, 0.717) is 18.0 Å². The second-order valence-corrected chi connectivity index (χ2v) is 9.72. The SMILES string of the molecule is CC(C)c1cc(C(=O)NCCSSCCN(C)C)c(O)c(C(C)C)c1. The average molecular weight is 385 g/mol. The Kier molecular flexibility index (Phi) is 9.75. The lowest BCUT2D eigenvalue weighted by Gasteiger charge is -2.17. The highest BCUT2D eigenvalue weighted by molar-refractivity contribution is 8.76. The van der Waals surface area contributed by atoms with Gasteiger partial charge in [0.05, 0.1) is 5.56 Å². The first-order chi connectivity index (χ1) is 11.7. The molecule has 0 bridgehead atoms. The van der Waals surface area contributed by atoms with Gasteiger partial charge in [0.15, 0.2) is 0 Å². The second-order valence-electron chi connectivity index (χ2n) is 7.02. The number of phenols is 1. The summed E-state index contributed by atoms with van der Waals surface area (Å²) in [6, 6.07) is 3.83. The Morgan fingerprint density at radius 1 is 1.12 bits per heavy atom. The molecule has 1 aromatic rings. The first-order valence-electron chi connectivity index (χ1n) is 8.78. The second kappa shape index (κ2) is 11.0. The van der Waals surface area contributed by atoms with E-state index in [0.717, 1.165) is 29.2 Å². The van der Waals surface area contributed by atoms with Crippen molar-refractivity contribution in [3.8, 4) is 5.75 Å². The first-order valence-corrected chi connectivity index (χ1v) is 11.3. The molecule has 0 fully saturated rings. The largest absolute Gasteiger partial charge is 0.507 e. The molecule has 0 saturated carbocycles. The summed E-state index contributed by atoms with van der Waals surface area (Å²) in [7, 11) is 7.71. The fourth-order valence-corrected chi connectivity index (χ4v) is 4.31. The summed E-state index contributed by atoms with van der Waals surface area (Å²) in [6.07, 6.45) is 0. The van der Waals surface area contributed by atoms with Gasteiger partial charge in [0, 0.05) is 24.6 Å². The maximum atomic E-state index is 12.5. The van der Waals surface area contributed by atoms with E-state index in [1.54, 1.807) is 10.8 Å². The van der Waals surface area contributed by atoms with Crippen molar-refractivity contribution in [2.75, 3.05) is 38.7 Å². The number of nitrogens with one attached hydrogen (secondary N) is 1. The van der Waals surface area contributed by atoms with Gasteiger partial charge >= 0.3 is 0 Å². The molecule has 2 N–H and O–H groups in total. The van der Waals surface area contributed by atoms with Gasteiger partial charge in [0.2, 0.25) is 0 Å². The molecule has 1 amide bonds. The monoisotopic (exact) mass is 384 g/mol. The summed E-state index contributed by atoms with van der Waals surface area (Å²) in [6.45, 7) is 9.91. The zero-order valence-corrected chi connectivity index (χ0v) is 17.9. The standard InChI is InChI=1S/C19H32N2O2S2/c1-13(2)15-11-16(14(3)4)18(22)17(12-15)19(23)20-7-9-24-25-10-8-21(5)6/h11-14,22H,7-10H2,1-6H3,(H,20,23). The summed E-state index contributed by atoms with van der Waals surface area (Å²) in [5.74, 6) is 2.33. The van der Waals surface area contributed by atoms with E-state index in [-0.39, 0.29) is 17.6 Å². The predicted molar refractivity (Wildman–Crippen MR) is 112 cm³/mol. The van der Waals surface area contributed by atoms with Crippen LogP contribution in [0.4, 0.5) is 0 Å². The third-order valence-electron chi connectivity index (χ3n) is 3.87. The van der Waals surface area contributed by atoms with Crippen LogP contribution >= 0.6 is 21.6 Å². The van der Waals surface area contributed by atoms with Crippen molar-refractivity contribution in [3.63, 3.8) is 0 Å². The highest BCUT2D eigenvalue weighted by atomic mass is 33.1. The van der Waals surface area contributed by atoms with Crippen LogP contribution in [0.25, 0.3) is 0 Å². The van der Waals surface area contributed by atoms with Crippen molar-refractivity contribution in [2.45, 2.75) is 39.5 Å². The van der Waals surface area contributed by atoms with Crippen LogP contribution in [0.15, 0.2) is 12.1 Å². The highest BCUT2D eigenvalue weighted by Gasteiger charge is 2.18. The number of hydrogen-bond donors (Lipinski definition) is 2. The number of amides is 1. The summed E-state index contributed by atoms with van der Waals surface area (Å²) >= 11 is 0. The fraction of sp³-hybridized carbons (Fsp3) is 0.632. The maximum Gasteiger partial charge on any atom is 0.255 e. The number of carbonyl (C=O) groups is 1. The molecule has 142 valence electrons. The van der Waals surface area contributed by atoms with Crippen LogP contribution < -0.4 is 5.32 Å². The van der Waals surface area contributed by atoms with Gasteiger partial charge in [-0.1, -0.05) is 55.3 Å². The van der Waals surface area contributed by atoms with Crippen molar-refractivity contribution in [2.24, 2.45) is 0 Å². The van der Waals surface area contributed by atoms with Crippen LogP contribution in [0.5, 0.6) is 5.75 Å². The first kappa shape index (κ1) is 22.2. The molecular weight excluding hydrogens is 352 g/mol. The van der Waals surface area contributed by atoms with E-state index in [2.05, 4.69) is 38.2 Å². The smallest absolute Gasteiger partial charge is 0.255 e. The van der Waals surface area contributed by atoms with Gasteiger partial charge < -0.3 is 15.3 Å². The Hall–Kier alpha value is -0.850. The minimum atomic E-state index is -0.194. The quantitative estimate of drug-likeness (QED) is 0.465. The third-order valence-corrected chi connectivity index (χ3v) is 6.26. The van der Waals surface area contributed by atoms with Gasteiger partial charge in [-0.3, -0.25) is 4.79 Å². The Morgan fingerprint density at radius 3 is 2.32 bits per heavy atom. The zero-order chi connectivity index (χ0) is 19.0. The van der Waals surface area contributed by atoms with E-state index in [1.165, 1.54) is 0 Å². The molecule has 1 aromatic carbocycles. The van der Waals surface area contributed by atoms with E-state index in [4.69, 9.17) is 0 Å². The van der Waals surface area contributed by atoms with Crippen LogP contribution in [0.2, 0.25) is 0 Å². The Morgan fingerprint density at radius 2 is 1.76 bits per heavy atom. The molecule has 25 heavy (non-hydrogen) atoms. The molecule has 0 aliphatic carbocycles. The van der Waals surface area contributed by atoms with E-state index < -0.39 is 0 Å². The topological polar surface area (TPSA) is 52.6 Å². The minimum absolute atomic E-state index is 0.116. The molecule has 0 aromatic heterocycles. The van der Waals surface area contributed by atoms with Crippen molar-refractivity contribution < 1.29 is 9.90 Å². The maximum absolute atomic E-state index is 12.5. The number of hydrogen-bond acceptors (Lipinski definition) is 5. The van der Waals surface area contributed by atoms with Gasteiger partial charge in [0.25, 0.3) is 5.91 Å². The van der Waals surface area contributed by atoms with Crippen LogP contribution in [-0.4, -0.2) is 54.6 Å². The summed E-state index contributed by atoms with van der Waals surface area (Å²) in [5.41, 5.74) is 2.31.